The Morgan fingerprint density at radius 3 is 2.75 bits per heavy atom. The Bertz CT molecular complexity index is 487. The highest BCUT2D eigenvalue weighted by Gasteiger charge is 2.18. The molecule has 0 bridgehead atoms. The number of nitrogens with zero attached hydrogens (tertiary/aromatic N) is 1. The maximum atomic E-state index is 12.0. The summed E-state index contributed by atoms with van der Waals surface area (Å²) >= 11 is 1.98. The molecule has 9 heteroatoms. The maximum absolute atomic E-state index is 12.0. The predicted molar refractivity (Wildman–Crippen MR) is 100 cm³/mol. The largest absolute Gasteiger partial charge is 0.377 e. The standard InChI is InChI=1S/C15H30N4O3S2/c1-16-15(18-12-14-6-4-9-23-14)17-7-10-24(20,21)19-11-13-5-2-3-8-22-13/h13-14,19H,2-12H2,1H3,(H2,16,17,18). The van der Waals surface area contributed by atoms with Crippen LogP contribution in [0.4, 0.5) is 0 Å². The lowest BCUT2D eigenvalue weighted by atomic mass is 10.1. The highest BCUT2D eigenvalue weighted by atomic mass is 32.2. The Kier molecular flexibility index (Phi) is 8.65. The van der Waals surface area contributed by atoms with Crippen LogP contribution in [0, 0.1) is 0 Å². The Balaban J connectivity index is 1.61. The number of nitrogens with one attached hydrogen (secondary N) is 3. The lowest BCUT2D eigenvalue weighted by molar-refractivity contribution is 0.0200. The van der Waals surface area contributed by atoms with Crippen molar-refractivity contribution >= 4 is 27.7 Å². The molecular weight excluding hydrogens is 348 g/mol. The monoisotopic (exact) mass is 378 g/mol. The van der Waals surface area contributed by atoms with Gasteiger partial charge in [0.05, 0.1) is 11.9 Å². The van der Waals surface area contributed by atoms with E-state index in [1.807, 2.05) is 11.8 Å². The Morgan fingerprint density at radius 1 is 1.21 bits per heavy atom. The molecule has 0 aromatic heterocycles. The number of thioether (sulfide) groups is 1. The van der Waals surface area contributed by atoms with E-state index < -0.39 is 10.0 Å². The summed E-state index contributed by atoms with van der Waals surface area (Å²) in [5.41, 5.74) is 0. The van der Waals surface area contributed by atoms with Crippen LogP contribution in [0.1, 0.15) is 32.1 Å². The first-order valence-electron chi connectivity index (χ1n) is 8.74. The molecule has 2 atom stereocenters. The molecule has 2 unspecified atom stereocenters. The van der Waals surface area contributed by atoms with E-state index >= 15 is 0 Å². The molecule has 7 nitrogen and oxygen atoms in total. The fourth-order valence-electron chi connectivity index (χ4n) is 2.80. The van der Waals surface area contributed by atoms with Crippen molar-refractivity contribution in [2.45, 2.75) is 43.5 Å². The van der Waals surface area contributed by atoms with Gasteiger partial charge >= 0.3 is 0 Å². The number of ether oxygens (including phenoxy) is 1. The van der Waals surface area contributed by atoms with Crippen LogP contribution in [0.3, 0.4) is 0 Å². The predicted octanol–water partition coefficient (Wildman–Crippen LogP) is 0.536. The summed E-state index contributed by atoms with van der Waals surface area (Å²) in [7, 11) is -1.60. The van der Waals surface area contributed by atoms with E-state index in [1.165, 1.54) is 18.6 Å². The highest BCUT2D eigenvalue weighted by molar-refractivity contribution is 8.00. The van der Waals surface area contributed by atoms with Gasteiger partial charge in [0.25, 0.3) is 0 Å². The third kappa shape index (κ3) is 7.58. The first-order valence-corrected chi connectivity index (χ1v) is 11.4. The van der Waals surface area contributed by atoms with Gasteiger partial charge in [-0.3, -0.25) is 4.99 Å². The van der Waals surface area contributed by atoms with Gasteiger partial charge in [-0.15, -0.1) is 0 Å². The van der Waals surface area contributed by atoms with Gasteiger partial charge in [0.2, 0.25) is 10.0 Å². The smallest absolute Gasteiger partial charge is 0.213 e. The van der Waals surface area contributed by atoms with E-state index in [0.717, 1.165) is 32.4 Å². The van der Waals surface area contributed by atoms with Crippen molar-refractivity contribution in [3.63, 3.8) is 0 Å². The molecule has 0 amide bonds. The van der Waals surface area contributed by atoms with Crippen molar-refractivity contribution in [3.05, 3.63) is 0 Å². The highest BCUT2D eigenvalue weighted by Crippen LogP contribution is 2.25. The maximum Gasteiger partial charge on any atom is 0.213 e. The van der Waals surface area contributed by atoms with E-state index in [4.69, 9.17) is 4.74 Å². The van der Waals surface area contributed by atoms with Crippen LogP contribution < -0.4 is 15.4 Å². The average Bonchev–Trinajstić information content (AvgIpc) is 3.10. The van der Waals surface area contributed by atoms with Gasteiger partial charge in [-0.05, 0) is 37.9 Å². The molecule has 2 saturated heterocycles. The molecule has 0 saturated carbocycles. The Hall–Kier alpha value is -0.510. The van der Waals surface area contributed by atoms with Crippen molar-refractivity contribution in [3.8, 4) is 0 Å². The van der Waals surface area contributed by atoms with Crippen LogP contribution in [0.15, 0.2) is 4.99 Å². The summed E-state index contributed by atoms with van der Waals surface area (Å²) in [6.07, 6.45) is 5.62. The van der Waals surface area contributed by atoms with Crippen LogP contribution in [0.25, 0.3) is 0 Å². The molecule has 24 heavy (non-hydrogen) atoms. The summed E-state index contributed by atoms with van der Waals surface area (Å²) in [6.45, 7) is 2.30. The molecular formula is C15H30N4O3S2. The topological polar surface area (TPSA) is 91.8 Å². The van der Waals surface area contributed by atoms with E-state index in [1.54, 1.807) is 7.05 Å². The van der Waals surface area contributed by atoms with E-state index in [2.05, 4.69) is 20.3 Å². The molecule has 0 aromatic rings. The van der Waals surface area contributed by atoms with Crippen molar-refractivity contribution < 1.29 is 13.2 Å². The van der Waals surface area contributed by atoms with Crippen molar-refractivity contribution in [2.24, 2.45) is 4.99 Å². The zero-order valence-electron chi connectivity index (χ0n) is 14.4. The molecule has 2 fully saturated rings. The normalized spacial score (nSPS) is 25.6. The number of sulfonamides is 1. The molecule has 140 valence electrons. The number of rotatable bonds is 8. The summed E-state index contributed by atoms with van der Waals surface area (Å²) in [5, 5.41) is 6.96. The molecule has 2 heterocycles. The minimum Gasteiger partial charge on any atom is -0.377 e. The van der Waals surface area contributed by atoms with Crippen molar-refractivity contribution in [1.29, 1.82) is 0 Å². The number of hydrogen-bond donors (Lipinski definition) is 3. The van der Waals surface area contributed by atoms with Crippen LogP contribution in [-0.4, -0.2) is 70.5 Å². The zero-order valence-corrected chi connectivity index (χ0v) is 16.1. The Morgan fingerprint density at radius 2 is 2.08 bits per heavy atom. The van der Waals surface area contributed by atoms with Gasteiger partial charge in [0, 0.05) is 38.5 Å². The molecule has 2 aliphatic heterocycles. The van der Waals surface area contributed by atoms with Gasteiger partial charge in [-0.2, -0.15) is 11.8 Å². The van der Waals surface area contributed by atoms with Crippen LogP contribution in [-0.2, 0) is 14.8 Å². The van der Waals surface area contributed by atoms with Crippen LogP contribution in [0.5, 0.6) is 0 Å². The minimum atomic E-state index is -3.29. The van der Waals surface area contributed by atoms with Gasteiger partial charge in [-0.25, -0.2) is 13.1 Å². The van der Waals surface area contributed by atoms with E-state index in [-0.39, 0.29) is 11.9 Å². The minimum absolute atomic E-state index is 0.0137. The second-order valence-electron chi connectivity index (χ2n) is 6.17. The summed E-state index contributed by atoms with van der Waals surface area (Å²) < 4.78 is 32.3. The third-order valence-electron chi connectivity index (χ3n) is 4.21. The SMILES string of the molecule is CN=C(NCCS(=O)(=O)NCC1CCCCO1)NCC1CCCS1. The van der Waals surface area contributed by atoms with Gasteiger partial charge in [0.15, 0.2) is 5.96 Å². The molecule has 0 spiro atoms. The van der Waals surface area contributed by atoms with Crippen LogP contribution in [0.2, 0.25) is 0 Å². The lowest BCUT2D eigenvalue weighted by Gasteiger charge is -2.22. The summed E-state index contributed by atoms with van der Waals surface area (Å²) in [4.78, 5) is 4.14. The second-order valence-corrected chi connectivity index (χ2v) is 9.51. The average molecular weight is 379 g/mol. The number of aliphatic imine (C=N–C) groups is 1. The quantitative estimate of drug-likeness (QED) is 0.422. The van der Waals surface area contributed by atoms with E-state index in [9.17, 15) is 8.42 Å². The molecule has 2 aliphatic rings. The summed E-state index contributed by atoms with van der Waals surface area (Å²) in [5.74, 6) is 1.92. The first-order chi connectivity index (χ1) is 11.6. The Labute approximate surface area is 149 Å². The van der Waals surface area contributed by atoms with Gasteiger partial charge < -0.3 is 15.4 Å². The molecule has 3 N–H and O–H groups in total. The van der Waals surface area contributed by atoms with E-state index in [0.29, 0.717) is 24.3 Å². The third-order valence-corrected chi connectivity index (χ3v) is 6.96. The fourth-order valence-corrected chi connectivity index (χ4v) is 4.96. The van der Waals surface area contributed by atoms with Gasteiger partial charge in [-0.1, -0.05) is 0 Å². The number of guanidine groups is 1. The van der Waals surface area contributed by atoms with Crippen LogP contribution >= 0.6 is 11.8 Å². The van der Waals surface area contributed by atoms with Crippen molar-refractivity contribution in [1.82, 2.24) is 15.4 Å². The van der Waals surface area contributed by atoms with Crippen molar-refractivity contribution in [2.75, 3.05) is 44.8 Å². The second kappa shape index (κ2) is 10.5. The molecule has 0 aliphatic carbocycles. The van der Waals surface area contributed by atoms with Gasteiger partial charge in [0.1, 0.15) is 0 Å². The number of hydrogen-bond acceptors (Lipinski definition) is 5. The summed E-state index contributed by atoms with van der Waals surface area (Å²) in [6, 6.07) is 0. The lowest BCUT2D eigenvalue weighted by Crippen LogP contribution is -2.43. The molecule has 2 rings (SSSR count). The molecule has 0 aromatic carbocycles. The molecule has 0 radical (unpaired) electrons. The zero-order chi connectivity index (χ0) is 17.3. The fraction of sp³-hybridized carbons (Fsp3) is 0.933. The first kappa shape index (κ1) is 19.8.